The molecule has 1 aliphatic rings. The standard InChI is InChI=1S/C16H24N2O2/c1-15(2)12-18(11-8-16(15,3)20)14(19)5-4-13-6-9-17-10-7-13/h6-7,9-10,20H,4-5,8,11-12H2,1-3H3/t16-/m1/s1. The number of hydrogen-bond donors (Lipinski definition) is 1. The average molecular weight is 276 g/mol. The first-order valence-corrected chi connectivity index (χ1v) is 7.21. The number of amides is 1. The first-order chi connectivity index (χ1) is 9.32. The minimum absolute atomic E-state index is 0.172. The Labute approximate surface area is 120 Å². The lowest BCUT2D eigenvalue weighted by atomic mass is 9.71. The van der Waals surface area contributed by atoms with E-state index >= 15 is 0 Å². The molecule has 1 N–H and O–H groups in total. The lowest BCUT2D eigenvalue weighted by Gasteiger charge is -2.48. The number of aryl methyl sites for hydroxylation is 1. The summed E-state index contributed by atoms with van der Waals surface area (Å²) in [6.07, 6.45) is 5.40. The molecule has 1 atom stereocenters. The third-order valence-corrected chi connectivity index (χ3v) is 4.64. The van der Waals surface area contributed by atoms with Crippen LogP contribution in [-0.4, -0.2) is 39.6 Å². The number of nitrogens with zero attached hydrogens (tertiary/aromatic N) is 2. The molecule has 0 saturated carbocycles. The molecular formula is C16H24N2O2. The molecular weight excluding hydrogens is 252 g/mol. The number of pyridine rings is 1. The van der Waals surface area contributed by atoms with Crippen LogP contribution >= 0.6 is 0 Å². The molecule has 1 saturated heterocycles. The van der Waals surface area contributed by atoms with Crippen LogP contribution in [0.25, 0.3) is 0 Å². The summed E-state index contributed by atoms with van der Waals surface area (Å²) in [6.45, 7) is 7.18. The topological polar surface area (TPSA) is 53.4 Å². The van der Waals surface area contributed by atoms with Crippen LogP contribution in [0.4, 0.5) is 0 Å². The zero-order valence-corrected chi connectivity index (χ0v) is 12.6. The monoisotopic (exact) mass is 276 g/mol. The Morgan fingerprint density at radius 2 is 2.00 bits per heavy atom. The van der Waals surface area contributed by atoms with Crippen LogP contribution < -0.4 is 0 Å². The molecule has 0 aromatic carbocycles. The number of piperidine rings is 1. The molecule has 0 spiro atoms. The summed E-state index contributed by atoms with van der Waals surface area (Å²) in [7, 11) is 0. The number of hydrogen-bond acceptors (Lipinski definition) is 3. The summed E-state index contributed by atoms with van der Waals surface area (Å²) in [5.41, 5.74) is 0.170. The van der Waals surface area contributed by atoms with Gasteiger partial charge in [-0.1, -0.05) is 13.8 Å². The van der Waals surface area contributed by atoms with Gasteiger partial charge in [-0.3, -0.25) is 9.78 Å². The van der Waals surface area contributed by atoms with Crippen molar-refractivity contribution in [2.45, 2.75) is 45.6 Å². The van der Waals surface area contributed by atoms with E-state index in [-0.39, 0.29) is 11.3 Å². The van der Waals surface area contributed by atoms with Crippen molar-refractivity contribution in [3.63, 3.8) is 0 Å². The van der Waals surface area contributed by atoms with Gasteiger partial charge in [-0.25, -0.2) is 0 Å². The van der Waals surface area contributed by atoms with Crippen molar-refractivity contribution in [2.75, 3.05) is 13.1 Å². The van der Waals surface area contributed by atoms with Crippen LogP contribution in [0.1, 0.15) is 39.2 Å². The van der Waals surface area contributed by atoms with Gasteiger partial charge in [0, 0.05) is 37.3 Å². The molecule has 0 aliphatic carbocycles. The van der Waals surface area contributed by atoms with E-state index in [1.807, 2.05) is 37.8 Å². The minimum Gasteiger partial charge on any atom is -0.389 e. The molecule has 2 heterocycles. The zero-order valence-electron chi connectivity index (χ0n) is 12.6. The second kappa shape index (κ2) is 5.52. The Bertz CT molecular complexity index is 469. The maximum atomic E-state index is 12.3. The molecule has 1 fully saturated rings. The SMILES string of the molecule is CC1(C)CN(C(=O)CCc2ccncc2)CC[C@@]1(C)O. The Hall–Kier alpha value is -1.42. The summed E-state index contributed by atoms with van der Waals surface area (Å²) < 4.78 is 0. The number of aliphatic hydroxyl groups is 1. The molecule has 4 nitrogen and oxygen atoms in total. The molecule has 0 bridgehead atoms. The molecule has 1 amide bonds. The lowest BCUT2D eigenvalue weighted by Crippen LogP contribution is -2.57. The third kappa shape index (κ3) is 3.18. The lowest BCUT2D eigenvalue weighted by molar-refractivity contribution is -0.147. The van der Waals surface area contributed by atoms with E-state index in [0.717, 1.165) is 12.0 Å². The fourth-order valence-electron chi connectivity index (χ4n) is 2.59. The zero-order chi connectivity index (χ0) is 14.8. The van der Waals surface area contributed by atoms with Crippen molar-refractivity contribution in [1.82, 2.24) is 9.88 Å². The van der Waals surface area contributed by atoms with Gasteiger partial charge in [0.05, 0.1) is 5.60 Å². The second-order valence-electron chi connectivity index (χ2n) is 6.58. The average Bonchev–Trinajstić information content (AvgIpc) is 2.40. The van der Waals surface area contributed by atoms with Gasteiger partial charge in [0.15, 0.2) is 0 Å². The summed E-state index contributed by atoms with van der Waals surface area (Å²) in [4.78, 5) is 18.2. The Balaban J connectivity index is 1.91. The van der Waals surface area contributed by atoms with Gasteiger partial charge in [0.25, 0.3) is 0 Å². The van der Waals surface area contributed by atoms with Gasteiger partial charge in [-0.2, -0.15) is 0 Å². The maximum Gasteiger partial charge on any atom is 0.222 e. The van der Waals surface area contributed by atoms with E-state index in [0.29, 0.717) is 25.9 Å². The predicted octanol–water partition coefficient (Wildman–Crippen LogP) is 2.02. The highest BCUT2D eigenvalue weighted by atomic mass is 16.3. The Morgan fingerprint density at radius 1 is 1.35 bits per heavy atom. The number of aromatic nitrogens is 1. The fourth-order valence-corrected chi connectivity index (χ4v) is 2.59. The molecule has 1 aromatic rings. The van der Waals surface area contributed by atoms with Gasteiger partial charge in [0.1, 0.15) is 0 Å². The largest absolute Gasteiger partial charge is 0.389 e. The molecule has 20 heavy (non-hydrogen) atoms. The molecule has 0 unspecified atom stereocenters. The van der Waals surface area contributed by atoms with Crippen molar-refractivity contribution in [2.24, 2.45) is 5.41 Å². The highest BCUT2D eigenvalue weighted by Crippen LogP contribution is 2.38. The van der Waals surface area contributed by atoms with Crippen LogP contribution in [0.5, 0.6) is 0 Å². The maximum absolute atomic E-state index is 12.3. The summed E-state index contributed by atoms with van der Waals surface area (Å²) in [6, 6.07) is 3.89. The normalized spacial score (nSPS) is 25.5. The number of carbonyl (C=O) groups is 1. The molecule has 0 radical (unpaired) electrons. The molecule has 2 rings (SSSR count). The second-order valence-corrected chi connectivity index (χ2v) is 6.58. The van der Waals surface area contributed by atoms with Crippen molar-refractivity contribution in [1.29, 1.82) is 0 Å². The smallest absolute Gasteiger partial charge is 0.222 e. The van der Waals surface area contributed by atoms with Gasteiger partial charge < -0.3 is 10.0 Å². The third-order valence-electron chi connectivity index (χ3n) is 4.64. The van der Waals surface area contributed by atoms with E-state index < -0.39 is 5.60 Å². The highest BCUT2D eigenvalue weighted by molar-refractivity contribution is 5.76. The summed E-state index contributed by atoms with van der Waals surface area (Å²) >= 11 is 0. The van der Waals surface area contributed by atoms with Crippen LogP contribution in [-0.2, 0) is 11.2 Å². The van der Waals surface area contributed by atoms with Crippen LogP contribution in [0, 0.1) is 5.41 Å². The van der Waals surface area contributed by atoms with Gasteiger partial charge in [0.2, 0.25) is 5.91 Å². The van der Waals surface area contributed by atoms with E-state index in [2.05, 4.69) is 4.98 Å². The first kappa shape index (κ1) is 15.0. The van der Waals surface area contributed by atoms with Gasteiger partial charge >= 0.3 is 0 Å². The molecule has 1 aromatic heterocycles. The van der Waals surface area contributed by atoms with Crippen molar-refractivity contribution in [3.8, 4) is 0 Å². The van der Waals surface area contributed by atoms with E-state index in [1.54, 1.807) is 12.4 Å². The Kier molecular flexibility index (Phi) is 4.14. The van der Waals surface area contributed by atoms with E-state index in [4.69, 9.17) is 0 Å². The molecule has 110 valence electrons. The number of rotatable bonds is 3. The number of likely N-dealkylation sites (tertiary alicyclic amines) is 1. The summed E-state index contributed by atoms with van der Waals surface area (Å²) in [5.74, 6) is 0.172. The quantitative estimate of drug-likeness (QED) is 0.919. The Morgan fingerprint density at radius 3 is 2.60 bits per heavy atom. The number of carbonyl (C=O) groups excluding carboxylic acids is 1. The van der Waals surface area contributed by atoms with Crippen LogP contribution in [0.15, 0.2) is 24.5 Å². The molecule has 4 heteroatoms. The van der Waals surface area contributed by atoms with Gasteiger partial charge in [-0.15, -0.1) is 0 Å². The highest BCUT2D eigenvalue weighted by Gasteiger charge is 2.44. The van der Waals surface area contributed by atoms with Crippen molar-refractivity contribution >= 4 is 5.91 Å². The van der Waals surface area contributed by atoms with Crippen LogP contribution in [0.3, 0.4) is 0 Å². The van der Waals surface area contributed by atoms with Crippen molar-refractivity contribution in [3.05, 3.63) is 30.1 Å². The van der Waals surface area contributed by atoms with Gasteiger partial charge in [-0.05, 0) is 37.5 Å². The fraction of sp³-hybridized carbons (Fsp3) is 0.625. The first-order valence-electron chi connectivity index (χ1n) is 7.21. The molecule has 1 aliphatic heterocycles. The van der Waals surface area contributed by atoms with E-state index in [1.165, 1.54) is 0 Å². The predicted molar refractivity (Wildman–Crippen MR) is 78.2 cm³/mol. The minimum atomic E-state index is -0.700. The van der Waals surface area contributed by atoms with Crippen LogP contribution in [0.2, 0.25) is 0 Å². The van der Waals surface area contributed by atoms with E-state index in [9.17, 15) is 9.90 Å². The van der Waals surface area contributed by atoms with Crippen molar-refractivity contribution < 1.29 is 9.90 Å². The summed E-state index contributed by atoms with van der Waals surface area (Å²) in [5, 5.41) is 10.4.